The number of anilines is 1. The number of hydrogen-bond donors (Lipinski definition) is 1. The zero-order valence-corrected chi connectivity index (χ0v) is 17.1. The van der Waals surface area contributed by atoms with E-state index in [9.17, 15) is 4.79 Å². The third-order valence-corrected chi connectivity index (χ3v) is 6.74. The molecular weight excluding hydrogens is 370 g/mol. The fraction of sp³-hybridized carbons (Fsp3) is 0.409. The molecule has 2 unspecified atom stereocenters. The molecule has 1 fully saturated rings. The Morgan fingerprint density at radius 2 is 2.00 bits per heavy atom. The van der Waals surface area contributed by atoms with E-state index in [0.29, 0.717) is 16.8 Å². The number of nitrogens with zero attached hydrogens (tertiary/aromatic N) is 2. The van der Waals surface area contributed by atoms with Crippen LogP contribution < -0.4 is 5.32 Å². The first-order valence-electron chi connectivity index (χ1n) is 9.85. The number of aromatic nitrogens is 2. The summed E-state index contributed by atoms with van der Waals surface area (Å²) in [6.07, 6.45) is 6.52. The Kier molecular flexibility index (Phi) is 5.57. The molecule has 3 aromatic rings. The second kappa shape index (κ2) is 8.27. The van der Waals surface area contributed by atoms with Gasteiger partial charge in [0.15, 0.2) is 0 Å². The molecule has 2 atom stereocenters. The van der Waals surface area contributed by atoms with Gasteiger partial charge in [0, 0.05) is 6.04 Å². The second-order valence-electron chi connectivity index (χ2n) is 7.53. The average Bonchev–Trinajstić information content (AvgIpc) is 3.06. The molecule has 6 heteroatoms. The predicted octanol–water partition coefficient (Wildman–Crippen LogP) is 5.35. The number of aryl methyl sites for hydroxylation is 1. The molecule has 2 aromatic heterocycles. The van der Waals surface area contributed by atoms with Gasteiger partial charge in [-0.3, -0.25) is 0 Å². The summed E-state index contributed by atoms with van der Waals surface area (Å²) < 4.78 is 5.53. The number of carbonyl (C=O) groups excluding carboxylic acids is 1. The van der Waals surface area contributed by atoms with Crippen LogP contribution in [0.3, 0.4) is 0 Å². The normalized spacial score (nSPS) is 19.5. The Balaban J connectivity index is 1.57. The first-order valence-corrected chi connectivity index (χ1v) is 10.7. The molecule has 0 aliphatic heterocycles. The van der Waals surface area contributed by atoms with Crippen LogP contribution in [-0.4, -0.2) is 22.0 Å². The second-order valence-corrected chi connectivity index (χ2v) is 8.53. The van der Waals surface area contributed by atoms with Crippen LogP contribution in [0.4, 0.5) is 5.82 Å². The van der Waals surface area contributed by atoms with Gasteiger partial charge < -0.3 is 10.1 Å². The van der Waals surface area contributed by atoms with E-state index < -0.39 is 0 Å². The summed E-state index contributed by atoms with van der Waals surface area (Å²) in [6, 6.07) is 10.1. The molecule has 0 amide bonds. The van der Waals surface area contributed by atoms with Crippen molar-refractivity contribution in [3.8, 4) is 0 Å². The number of thiophene rings is 1. The molecule has 1 aromatic carbocycles. The summed E-state index contributed by atoms with van der Waals surface area (Å²) in [5.41, 5.74) is 1.87. The SMILES string of the molecule is Cc1c(C(=O)OCc2ccccc2)sc2ncnc(NC3CCCCC3C)c12. The molecule has 1 saturated carbocycles. The van der Waals surface area contributed by atoms with Crippen LogP contribution in [0, 0.1) is 12.8 Å². The molecular formula is C22H25N3O2S. The number of ether oxygens (including phenoxy) is 1. The Hall–Kier alpha value is -2.47. The summed E-state index contributed by atoms with van der Waals surface area (Å²) in [7, 11) is 0. The van der Waals surface area contributed by atoms with E-state index in [1.54, 1.807) is 6.33 Å². The summed E-state index contributed by atoms with van der Waals surface area (Å²) >= 11 is 1.38. The number of rotatable bonds is 5. The maximum absolute atomic E-state index is 12.7. The Morgan fingerprint density at radius 3 is 2.79 bits per heavy atom. The maximum atomic E-state index is 12.7. The number of nitrogens with one attached hydrogen (secondary N) is 1. The average molecular weight is 396 g/mol. The number of carbonyl (C=O) groups is 1. The highest BCUT2D eigenvalue weighted by Gasteiger charge is 2.25. The number of esters is 1. The van der Waals surface area contributed by atoms with Crippen molar-refractivity contribution in [1.82, 2.24) is 9.97 Å². The number of hydrogen-bond acceptors (Lipinski definition) is 6. The fourth-order valence-electron chi connectivity index (χ4n) is 3.87. The van der Waals surface area contributed by atoms with Crippen molar-refractivity contribution < 1.29 is 9.53 Å². The summed E-state index contributed by atoms with van der Waals surface area (Å²) in [6.45, 7) is 4.52. The molecule has 2 heterocycles. The van der Waals surface area contributed by atoms with Gasteiger partial charge in [0.25, 0.3) is 0 Å². The van der Waals surface area contributed by atoms with Gasteiger partial charge in [-0.05, 0) is 36.8 Å². The highest BCUT2D eigenvalue weighted by atomic mass is 32.1. The first kappa shape index (κ1) is 18.9. The van der Waals surface area contributed by atoms with Crippen molar-refractivity contribution in [2.24, 2.45) is 5.92 Å². The van der Waals surface area contributed by atoms with Crippen LogP contribution in [0.5, 0.6) is 0 Å². The van der Waals surface area contributed by atoms with E-state index in [4.69, 9.17) is 4.74 Å². The van der Waals surface area contributed by atoms with Crippen molar-refractivity contribution in [3.63, 3.8) is 0 Å². The largest absolute Gasteiger partial charge is 0.457 e. The molecule has 4 rings (SSSR count). The van der Waals surface area contributed by atoms with Gasteiger partial charge in [-0.2, -0.15) is 0 Å². The third-order valence-electron chi connectivity index (χ3n) is 5.56. The molecule has 0 radical (unpaired) electrons. The van der Waals surface area contributed by atoms with Gasteiger partial charge in [0.05, 0.1) is 5.39 Å². The monoisotopic (exact) mass is 395 g/mol. The van der Waals surface area contributed by atoms with Crippen molar-refractivity contribution >= 4 is 33.3 Å². The van der Waals surface area contributed by atoms with Gasteiger partial charge >= 0.3 is 5.97 Å². The lowest BCUT2D eigenvalue weighted by molar-refractivity contribution is 0.0478. The van der Waals surface area contributed by atoms with E-state index in [1.165, 1.54) is 30.6 Å². The van der Waals surface area contributed by atoms with Crippen LogP contribution in [0.2, 0.25) is 0 Å². The topological polar surface area (TPSA) is 64.1 Å². The van der Waals surface area contributed by atoms with E-state index >= 15 is 0 Å². The quantitative estimate of drug-likeness (QED) is 0.590. The molecule has 28 heavy (non-hydrogen) atoms. The van der Waals surface area contributed by atoms with E-state index in [1.807, 2.05) is 37.3 Å². The van der Waals surface area contributed by atoms with Gasteiger partial charge in [0.1, 0.15) is 28.5 Å². The standard InChI is InChI=1S/C22H25N3O2S/c1-14-8-6-7-11-17(14)25-20-18-15(2)19(28-21(18)24-13-23-20)22(26)27-12-16-9-4-3-5-10-16/h3-5,9-10,13-14,17H,6-8,11-12H2,1-2H3,(H,23,24,25). The molecule has 0 spiro atoms. The van der Waals surface area contributed by atoms with Crippen LogP contribution >= 0.6 is 11.3 Å². The summed E-state index contributed by atoms with van der Waals surface area (Å²) in [5.74, 6) is 1.15. The minimum atomic E-state index is -0.304. The van der Waals surface area contributed by atoms with Crippen molar-refractivity contribution in [2.75, 3.05) is 5.32 Å². The molecule has 1 aliphatic carbocycles. The summed E-state index contributed by atoms with van der Waals surface area (Å²) in [5, 5.41) is 4.57. The molecule has 0 saturated heterocycles. The lowest BCUT2D eigenvalue weighted by atomic mass is 9.86. The van der Waals surface area contributed by atoms with Crippen LogP contribution in [-0.2, 0) is 11.3 Å². The van der Waals surface area contributed by atoms with Crippen molar-refractivity contribution in [2.45, 2.75) is 52.2 Å². The third kappa shape index (κ3) is 3.87. The highest BCUT2D eigenvalue weighted by molar-refractivity contribution is 7.20. The lowest BCUT2D eigenvalue weighted by Crippen LogP contribution is -2.30. The predicted molar refractivity (Wildman–Crippen MR) is 113 cm³/mol. The van der Waals surface area contributed by atoms with Crippen LogP contribution in [0.25, 0.3) is 10.2 Å². The smallest absolute Gasteiger partial charge is 0.349 e. The zero-order valence-electron chi connectivity index (χ0n) is 16.3. The minimum Gasteiger partial charge on any atom is -0.457 e. The number of benzene rings is 1. The molecule has 5 nitrogen and oxygen atoms in total. The lowest BCUT2D eigenvalue weighted by Gasteiger charge is -2.30. The molecule has 1 N–H and O–H groups in total. The van der Waals surface area contributed by atoms with Crippen molar-refractivity contribution in [1.29, 1.82) is 0 Å². The van der Waals surface area contributed by atoms with Crippen LogP contribution in [0.1, 0.15) is 53.4 Å². The maximum Gasteiger partial charge on any atom is 0.349 e. The van der Waals surface area contributed by atoms with Gasteiger partial charge in [-0.1, -0.05) is 50.1 Å². The van der Waals surface area contributed by atoms with E-state index in [-0.39, 0.29) is 12.6 Å². The summed E-state index contributed by atoms with van der Waals surface area (Å²) in [4.78, 5) is 23.0. The van der Waals surface area contributed by atoms with Gasteiger partial charge in [-0.15, -0.1) is 11.3 Å². The van der Waals surface area contributed by atoms with Crippen LogP contribution in [0.15, 0.2) is 36.7 Å². The van der Waals surface area contributed by atoms with Gasteiger partial charge in [-0.25, -0.2) is 14.8 Å². The Bertz CT molecular complexity index is 971. The van der Waals surface area contributed by atoms with E-state index in [0.717, 1.165) is 33.6 Å². The zero-order chi connectivity index (χ0) is 19.5. The molecule has 0 bridgehead atoms. The highest BCUT2D eigenvalue weighted by Crippen LogP contribution is 2.35. The van der Waals surface area contributed by atoms with Gasteiger partial charge in [0.2, 0.25) is 0 Å². The molecule has 146 valence electrons. The van der Waals surface area contributed by atoms with Crippen molar-refractivity contribution in [3.05, 3.63) is 52.7 Å². The Morgan fingerprint density at radius 1 is 1.21 bits per heavy atom. The fourth-order valence-corrected chi connectivity index (χ4v) is 4.91. The first-order chi connectivity index (χ1) is 13.6. The minimum absolute atomic E-state index is 0.268. The number of fused-ring (bicyclic) bond motifs is 1. The van der Waals surface area contributed by atoms with E-state index in [2.05, 4.69) is 22.2 Å². The molecule has 1 aliphatic rings. The Labute approximate surface area is 169 Å².